The Morgan fingerprint density at radius 2 is 1.19 bits per heavy atom. The van der Waals surface area contributed by atoms with E-state index in [1.54, 1.807) is 36.4 Å². The van der Waals surface area contributed by atoms with Gasteiger partial charge in [-0.2, -0.15) is 5.26 Å². The topological polar surface area (TPSA) is 89.5 Å². The largest absolute Gasteiger partial charge is 0.361 e. The zero-order valence-corrected chi connectivity index (χ0v) is 24.1. The summed E-state index contributed by atoms with van der Waals surface area (Å²) in [5.41, 5.74) is 7.81. The highest BCUT2D eigenvalue weighted by Gasteiger charge is 2.33. The van der Waals surface area contributed by atoms with Gasteiger partial charge < -0.3 is 9.97 Å². The van der Waals surface area contributed by atoms with Crippen LogP contribution in [-0.2, 0) is 0 Å². The van der Waals surface area contributed by atoms with E-state index in [0.29, 0.717) is 28.5 Å². The van der Waals surface area contributed by atoms with E-state index in [9.17, 15) is 14.0 Å². The maximum Gasteiger partial charge on any atom is 0.164 e. The average molecular weight is 606 g/mol. The number of carbonyl (C=O) groups excluding carboxylic acids is 2. The summed E-state index contributed by atoms with van der Waals surface area (Å²) in [6, 6.07) is 23.1. The van der Waals surface area contributed by atoms with Crippen molar-refractivity contribution in [2.75, 3.05) is 0 Å². The number of ketones is 2. The van der Waals surface area contributed by atoms with Crippen LogP contribution in [0.3, 0.4) is 0 Å². The Hall–Kier alpha value is -4.70. The normalized spacial score (nSPS) is 17.1. The smallest absolute Gasteiger partial charge is 0.164 e. The molecule has 2 N–H and O–H groups in total. The number of nitrogens with zero attached hydrogens (tertiary/aromatic N) is 1. The molecule has 43 heavy (non-hydrogen) atoms. The predicted octanol–water partition coefficient (Wildman–Crippen LogP) is 9.09. The number of H-pyrrole nitrogens is 2. The van der Waals surface area contributed by atoms with Crippen LogP contribution in [0.15, 0.2) is 85.2 Å². The van der Waals surface area contributed by atoms with Crippen molar-refractivity contribution in [3.05, 3.63) is 140 Å². The molecule has 2 atom stereocenters. The number of nitrogens with one attached hydrogen (secondary N) is 2. The number of nitriles is 1. The van der Waals surface area contributed by atoms with Crippen LogP contribution in [0, 0.1) is 17.1 Å². The molecule has 0 saturated carbocycles. The second-order valence-corrected chi connectivity index (χ2v) is 11.7. The molecule has 6 aromatic rings. The third kappa shape index (κ3) is 4.71. The Morgan fingerprint density at radius 1 is 0.674 bits per heavy atom. The molecule has 2 aliphatic carbocycles. The standard InChI is InChI=1S/C18H11ClN2O.C17H11ClFNO/c19-11-2-3-12-13(6-11)14(7-18(12)22)16-9-21-17-4-1-10(8-20)5-15(16)17;18-9-1-3-11-12(5-9)13(7-17(11)21)15-8-20-16-4-2-10(19)6-14(15)16/h1-6,9,14,21H,7H2;1-6,8,13,20H,7H2. The molecular weight excluding hydrogens is 584 g/mol. The Bertz CT molecular complexity index is 2160. The van der Waals surface area contributed by atoms with Crippen molar-refractivity contribution in [2.24, 2.45) is 0 Å². The van der Waals surface area contributed by atoms with Crippen LogP contribution in [-0.4, -0.2) is 21.5 Å². The van der Waals surface area contributed by atoms with Crippen LogP contribution in [0.1, 0.15) is 73.2 Å². The van der Waals surface area contributed by atoms with Gasteiger partial charge in [0, 0.05) is 80.0 Å². The Morgan fingerprint density at radius 3 is 1.72 bits per heavy atom. The monoisotopic (exact) mass is 605 g/mol. The molecule has 0 amide bonds. The van der Waals surface area contributed by atoms with Crippen LogP contribution >= 0.6 is 23.2 Å². The van der Waals surface area contributed by atoms with Gasteiger partial charge in [0.15, 0.2) is 11.6 Å². The molecule has 4 aromatic carbocycles. The van der Waals surface area contributed by atoms with Gasteiger partial charge in [-0.3, -0.25) is 9.59 Å². The van der Waals surface area contributed by atoms with Gasteiger partial charge in [-0.1, -0.05) is 23.2 Å². The Labute approximate surface area is 255 Å². The summed E-state index contributed by atoms with van der Waals surface area (Å²) in [5.74, 6) is -0.107. The van der Waals surface area contributed by atoms with E-state index in [-0.39, 0.29) is 29.2 Å². The summed E-state index contributed by atoms with van der Waals surface area (Å²) in [7, 11) is 0. The van der Waals surface area contributed by atoms with Crippen LogP contribution in [0.5, 0.6) is 0 Å². The molecule has 0 spiro atoms. The number of carbonyl (C=O) groups is 2. The molecule has 0 radical (unpaired) electrons. The SMILES string of the molecule is N#Cc1ccc2[nH]cc(C3CC(=O)c4ccc(Cl)cc43)c2c1.O=C1CC(c2c[nH]c3ccc(F)cc23)c2cc(Cl)ccc21. The highest BCUT2D eigenvalue weighted by molar-refractivity contribution is 6.31. The van der Waals surface area contributed by atoms with E-state index in [2.05, 4.69) is 16.0 Å². The molecule has 8 heteroatoms. The van der Waals surface area contributed by atoms with E-state index in [1.807, 2.05) is 36.7 Å². The number of benzene rings is 4. The first kappa shape index (κ1) is 27.2. The number of aromatic amines is 2. The van der Waals surface area contributed by atoms with Crippen molar-refractivity contribution >= 4 is 56.6 Å². The molecule has 8 rings (SSSR count). The number of hydrogen-bond acceptors (Lipinski definition) is 3. The van der Waals surface area contributed by atoms with Crippen LogP contribution in [0.2, 0.25) is 10.0 Å². The summed E-state index contributed by atoms with van der Waals surface area (Å²) in [6.07, 6.45) is 4.64. The molecular formula is C35H22Cl2FN3O2. The minimum Gasteiger partial charge on any atom is -0.361 e. The Balaban J connectivity index is 0.000000140. The Kier molecular flexibility index (Phi) is 6.65. The zero-order valence-electron chi connectivity index (χ0n) is 22.5. The molecule has 0 saturated heterocycles. The highest BCUT2D eigenvalue weighted by atomic mass is 35.5. The number of fused-ring (bicyclic) bond motifs is 4. The highest BCUT2D eigenvalue weighted by Crippen LogP contribution is 2.43. The van der Waals surface area contributed by atoms with Gasteiger partial charge >= 0.3 is 0 Å². The molecule has 2 aromatic heterocycles. The molecule has 0 fully saturated rings. The lowest BCUT2D eigenvalue weighted by Gasteiger charge is -2.10. The van der Waals surface area contributed by atoms with Crippen molar-refractivity contribution < 1.29 is 14.0 Å². The number of Topliss-reactive ketones (excluding diaryl/α,β-unsaturated/α-hetero) is 2. The van der Waals surface area contributed by atoms with Crippen LogP contribution in [0.25, 0.3) is 21.8 Å². The van der Waals surface area contributed by atoms with Gasteiger partial charge in [0.05, 0.1) is 11.6 Å². The molecule has 2 aliphatic rings. The maximum atomic E-state index is 13.5. The lowest BCUT2D eigenvalue weighted by Crippen LogP contribution is -1.96. The van der Waals surface area contributed by atoms with E-state index >= 15 is 0 Å². The number of rotatable bonds is 2. The molecule has 5 nitrogen and oxygen atoms in total. The van der Waals surface area contributed by atoms with Gasteiger partial charge in [0.2, 0.25) is 0 Å². The molecule has 0 aliphatic heterocycles. The lowest BCUT2D eigenvalue weighted by atomic mass is 9.92. The first-order valence-corrected chi connectivity index (χ1v) is 14.5. The van der Waals surface area contributed by atoms with Gasteiger partial charge in [-0.15, -0.1) is 0 Å². The summed E-state index contributed by atoms with van der Waals surface area (Å²) >= 11 is 12.2. The summed E-state index contributed by atoms with van der Waals surface area (Å²) in [4.78, 5) is 30.8. The van der Waals surface area contributed by atoms with Crippen molar-refractivity contribution in [3.63, 3.8) is 0 Å². The summed E-state index contributed by atoms with van der Waals surface area (Å²) < 4.78 is 13.5. The maximum absolute atomic E-state index is 13.5. The van der Waals surface area contributed by atoms with E-state index < -0.39 is 0 Å². The third-order valence-electron chi connectivity index (χ3n) is 8.43. The minimum absolute atomic E-state index is 0.0103. The number of aromatic nitrogens is 2. The number of hydrogen-bond donors (Lipinski definition) is 2. The fourth-order valence-corrected chi connectivity index (χ4v) is 6.78. The second kappa shape index (κ2) is 10.5. The van der Waals surface area contributed by atoms with Gasteiger partial charge in [-0.05, 0) is 95.1 Å². The summed E-state index contributed by atoms with van der Waals surface area (Å²) in [5, 5.41) is 12.2. The number of halogens is 3. The molecule has 2 unspecified atom stereocenters. The quantitative estimate of drug-likeness (QED) is 0.206. The van der Waals surface area contributed by atoms with Gasteiger partial charge in [0.1, 0.15) is 5.82 Å². The first-order chi connectivity index (χ1) is 20.8. The van der Waals surface area contributed by atoms with Crippen LogP contribution in [0.4, 0.5) is 4.39 Å². The van der Waals surface area contributed by atoms with Crippen molar-refractivity contribution in [2.45, 2.75) is 24.7 Å². The third-order valence-corrected chi connectivity index (χ3v) is 8.90. The van der Waals surface area contributed by atoms with Crippen molar-refractivity contribution in [1.82, 2.24) is 9.97 Å². The summed E-state index contributed by atoms with van der Waals surface area (Å²) in [6.45, 7) is 0. The van der Waals surface area contributed by atoms with Gasteiger partial charge in [0.25, 0.3) is 0 Å². The second-order valence-electron chi connectivity index (χ2n) is 10.9. The van der Waals surface area contributed by atoms with E-state index in [0.717, 1.165) is 55.2 Å². The molecule has 210 valence electrons. The lowest BCUT2D eigenvalue weighted by molar-refractivity contribution is 0.0983. The molecule has 2 heterocycles. The minimum atomic E-state index is -0.279. The van der Waals surface area contributed by atoms with Crippen molar-refractivity contribution in [3.8, 4) is 6.07 Å². The first-order valence-electron chi connectivity index (χ1n) is 13.7. The van der Waals surface area contributed by atoms with E-state index in [4.69, 9.17) is 28.5 Å². The zero-order chi connectivity index (χ0) is 29.8. The average Bonchev–Trinajstić information content (AvgIpc) is 3.76. The van der Waals surface area contributed by atoms with E-state index in [1.165, 1.54) is 12.1 Å². The van der Waals surface area contributed by atoms with Crippen molar-refractivity contribution in [1.29, 1.82) is 5.26 Å². The fraction of sp³-hybridized carbons (Fsp3) is 0.114. The van der Waals surface area contributed by atoms with Gasteiger partial charge in [-0.25, -0.2) is 4.39 Å². The predicted molar refractivity (Wildman–Crippen MR) is 166 cm³/mol. The van der Waals surface area contributed by atoms with Crippen LogP contribution < -0.4 is 0 Å². The molecule has 0 bridgehead atoms. The fourth-order valence-electron chi connectivity index (χ4n) is 6.42.